The van der Waals surface area contributed by atoms with Gasteiger partial charge in [-0.2, -0.15) is 0 Å². The van der Waals surface area contributed by atoms with Gasteiger partial charge < -0.3 is 10.4 Å². The lowest BCUT2D eigenvalue weighted by Gasteiger charge is -2.10. The Hall–Kier alpha value is -1.96. The van der Waals surface area contributed by atoms with E-state index in [0.29, 0.717) is 23.8 Å². The molecule has 0 aliphatic carbocycles. The Kier molecular flexibility index (Phi) is 4.10. The van der Waals surface area contributed by atoms with Crippen LogP contribution in [-0.4, -0.2) is 41.0 Å². The summed E-state index contributed by atoms with van der Waals surface area (Å²) in [6.45, 7) is 0.261. The molecule has 2 rings (SSSR count). The van der Waals surface area contributed by atoms with Crippen molar-refractivity contribution in [3.63, 3.8) is 0 Å². The molecule has 1 fully saturated rings. The lowest BCUT2D eigenvalue weighted by Crippen LogP contribution is -2.30. The number of carbonyl (C=O) groups excluding carboxylic acids is 2. The van der Waals surface area contributed by atoms with Gasteiger partial charge in [0.05, 0.1) is 12.1 Å². The van der Waals surface area contributed by atoms with Crippen molar-refractivity contribution in [2.24, 2.45) is 0 Å². The molecule has 2 amide bonds. The standard InChI is InChI=1S/C11H13N3O4S/c15-8(12-5-10(17)18)4-7-6-19-11(13-7)14-3-1-2-9(14)16/h6H,1-5H2,(H,12,15)(H,17,18). The van der Waals surface area contributed by atoms with Crippen LogP contribution in [0.4, 0.5) is 5.13 Å². The number of aromatic nitrogens is 1. The van der Waals surface area contributed by atoms with Gasteiger partial charge in [0.1, 0.15) is 6.54 Å². The number of carboxylic acid groups (broad SMARTS) is 1. The Morgan fingerprint density at radius 2 is 2.32 bits per heavy atom. The summed E-state index contributed by atoms with van der Waals surface area (Å²) in [5.74, 6) is -1.43. The van der Waals surface area contributed by atoms with Crippen LogP contribution >= 0.6 is 11.3 Å². The van der Waals surface area contributed by atoms with Gasteiger partial charge in [0.15, 0.2) is 5.13 Å². The molecule has 1 aliphatic rings. The third-order valence-corrected chi connectivity index (χ3v) is 3.53. The Labute approximate surface area is 113 Å². The molecule has 1 aromatic heterocycles. The fraction of sp³-hybridized carbons (Fsp3) is 0.455. The third-order valence-electron chi connectivity index (χ3n) is 2.62. The van der Waals surface area contributed by atoms with E-state index in [2.05, 4.69) is 10.3 Å². The Balaban J connectivity index is 1.92. The highest BCUT2D eigenvalue weighted by Crippen LogP contribution is 2.25. The minimum atomic E-state index is -1.09. The molecule has 1 aromatic rings. The molecule has 2 N–H and O–H groups in total. The van der Waals surface area contributed by atoms with Crippen LogP contribution in [0.5, 0.6) is 0 Å². The highest BCUT2D eigenvalue weighted by molar-refractivity contribution is 7.14. The van der Waals surface area contributed by atoms with Gasteiger partial charge in [0.2, 0.25) is 11.8 Å². The maximum Gasteiger partial charge on any atom is 0.322 e. The van der Waals surface area contributed by atoms with Crippen molar-refractivity contribution >= 4 is 34.3 Å². The zero-order valence-corrected chi connectivity index (χ0v) is 10.9. The maximum atomic E-state index is 11.5. The summed E-state index contributed by atoms with van der Waals surface area (Å²) in [6, 6.07) is 0. The molecule has 19 heavy (non-hydrogen) atoms. The second-order valence-corrected chi connectivity index (χ2v) is 4.95. The molecular formula is C11H13N3O4S. The van der Waals surface area contributed by atoms with Gasteiger partial charge >= 0.3 is 5.97 Å². The van der Waals surface area contributed by atoms with Gasteiger partial charge in [-0.3, -0.25) is 19.3 Å². The quantitative estimate of drug-likeness (QED) is 0.793. The summed E-state index contributed by atoms with van der Waals surface area (Å²) in [6.07, 6.45) is 1.38. The van der Waals surface area contributed by atoms with Gasteiger partial charge in [-0.05, 0) is 6.42 Å². The zero-order chi connectivity index (χ0) is 13.8. The predicted octanol–water partition coefficient (Wildman–Crippen LogP) is 0.0132. The average molecular weight is 283 g/mol. The largest absolute Gasteiger partial charge is 0.480 e. The molecule has 1 aliphatic heterocycles. The minimum Gasteiger partial charge on any atom is -0.480 e. The van der Waals surface area contributed by atoms with Crippen molar-refractivity contribution in [1.82, 2.24) is 10.3 Å². The highest BCUT2D eigenvalue weighted by Gasteiger charge is 2.24. The number of rotatable bonds is 5. The van der Waals surface area contributed by atoms with Crippen LogP contribution in [0.2, 0.25) is 0 Å². The van der Waals surface area contributed by atoms with Gasteiger partial charge in [-0.1, -0.05) is 0 Å². The molecule has 0 bridgehead atoms. The first kappa shape index (κ1) is 13.5. The Morgan fingerprint density at radius 3 is 2.95 bits per heavy atom. The molecule has 0 atom stereocenters. The van der Waals surface area contributed by atoms with E-state index in [1.165, 1.54) is 11.3 Å². The SMILES string of the molecule is O=C(O)CNC(=O)Cc1csc(N2CCCC2=O)n1. The summed E-state index contributed by atoms with van der Waals surface area (Å²) in [5, 5.41) is 13.0. The Bertz CT molecular complexity index is 514. The van der Waals surface area contributed by atoms with E-state index >= 15 is 0 Å². The van der Waals surface area contributed by atoms with E-state index in [-0.39, 0.29) is 12.3 Å². The van der Waals surface area contributed by atoms with Gasteiger partial charge in [0.25, 0.3) is 0 Å². The first-order valence-corrected chi connectivity index (χ1v) is 6.67. The van der Waals surface area contributed by atoms with Crippen LogP contribution < -0.4 is 10.2 Å². The lowest BCUT2D eigenvalue weighted by atomic mass is 10.3. The summed E-state index contributed by atoms with van der Waals surface area (Å²) in [4.78, 5) is 39.1. The molecule has 1 saturated heterocycles. The monoisotopic (exact) mass is 283 g/mol. The van der Waals surface area contributed by atoms with Crippen molar-refractivity contribution in [1.29, 1.82) is 0 Å². The molecule has 7 nitrogen and oxygen atoms in total. The third kappa shape index (κ3) is 3.50. The molecule has 0 unspecified atom stereocenters. The second-order valence-electron chi connectivity index (χ2n) is 4.12. The van der Waals surface area contributed by atoms with Crippen LogP contribution in [0.1, 0.15) is 18.5 Å². The first-order chi connectivity index (χ1) is 9.06. The minimum absolute atomic E-state index is 0.0197. The summed E-state index contributed by atoms with van der Waals surface area (Å²) in [5.41, 5.74) is 0.544. The van der Waals surface area contributed by atoms with Crippen molar-refractivity contribution in [3.05, 3.63) is 11.1 Å². The lowest BCUT2D eigenvalue weighted by molar-refractivity contribution is -0.137. The molecule has 102 valence electrons. The predicted molar refractivity (Wildman–Crippen MR) is 68.1 cm³/mol. The van der Waals surface area contributed by atoms with Crippen molar-refractivity contribution in [3.8, 4) is 0 Å². The van der Waals surface area contributed by atoms with E-state index in [4.69, 9.17) is 5.11 Å². The van der Waals surface area contributed by atoms with Gasteiger partial charge in [0, 0.05) is 18.3 Å². The topological polar surface area (TPSA) is 99.6 Å². The van der Waals surface area contributed by atoms with E-state index in [1.54, 1.807) is 10.3 Å². The van der Waals surface area contributed by atoms with Crippen molar-refractivity contribution < 1.29 is 19.5 Å². The highest BCUT2D eigenvalue weighted by atomic mass is 32.1. The molecular weight excluding hydrogens is 270 g/mol. The second kappa shape index (κ2) is 5.79. The number of hydrogen-bond donors (Lipinski definition) is 2. The van der Waals surface area contributed by atoms with Gasteiger partial charge in [-0.15, -0.1) is 11.3 Å². The summed E-state index contributed by atoms with van der Waals surface area (Å²) >= 11 is 1.31. The average Bonchev–Trinajstić information content (AvgIpc) is 2.95. The number of hydrogen-bond acceptors (Lipinski definition) is 5. The number of nitrogens with zero attached hydrogens (tertiary/aromatic N) is 2. The van der Waals surface area contributed by atoms with Crippen LogP contribution in [0.15, 0.2) is 5.38 Å². The molecule has 0 spiro atoms. The van der Waals surface area contributed by atoms with E-state index in [9.17, 15) is 14.4 Å². The zero-order valence-electron chi connectivity index (χ0n) is 10.1. The Morgan fingerprint density at radius 1 is 1.53 bits per heavy atom. The summed E-state index contributed by atoms with van der Waals surface area (Å²) in [7, 11) is 0. The molecule has 2 heterocycles. The number of nitrogens with one attached hydrogen (secondary N) is 1. The fourth-order valence-corrected chi connectivity index (χ4v) is 2.62. The van der Waals surface area contributed by atoms with Gasteiger partial charge in [-0.25, -0.2) is 4.98 Å². The molecule has 8 heteroatoms. The molecule has 0 saturated carbocycles. The number of carbonyl (C=O) groups is 3. The number of thiazole rings is 1. The van der Waals surface area contributed by atoms with Crippen LogP contribution in [0.3, 0.4) is 0 Å². The number of anilines is 1. The smallest absolute Gasteiger partial charge is 0.322 e. The first-order valence-electron chi connectivity index (χ1n) is 5.79. The van der Waals surface area contributed by atoms with Crippen LogP contribution in [-0.2, 0) is 20.8 Å². The van der Waals surface area contributed by atoms with E-state index in [0.717, 1.165) is 6.42 Å². The van der Waals surface area contributed by atoms with Crippen LogP contribution in [0, 0.1) is 0 Å². The molecule has 0 aromatic carbocycles. The number of amides is 2. The summed E-state index contributed by atoms with van der Waals surface area (Å²) < 4.78 is 0. The normalized spacial score (nSPS) is 14.7. The maximum absolute atomic E-state index is 11.5. The fourth-order valence-electron chi connectivity index (χ4n) is 1.75. The number of aliphatic carboxylic acids is 1. The van der Waals surface area contributed by atoms with Crippen LogP contribution in [0.25, 0.3) is 0 Å². The van der Waals surface area contributed by atoms with Crippen molar-refractivity contribution in [2.75, 3.05) is 18.0 Å². The van der Waals surface area contributed by atoms with E-state index in [1.807, 2.05) is 0 Å². The van der Waals surface area contributed by atoms with Crippen molar-refractivity contribution in [2.45, 2.75) is 19.3 Å². The molecule has 0 radical (unpaired) electrons. The van der Waals surface area contributed by atoms with E-state index < -0.39 is 18.4 Å². The number of carboxylic acids is 1.